The highest BCUT2D eigenvalue weighted by Gasteiger charge is 2.32. The molecule has 114 valence electrons. The van der Waals surface area contributed by atoms with Crippen LogP contribution in [0.5, 0.6) is 0 Å². The van der Waals surface area contributed by atoms with Gasteiger partial charge >= 0.3 is 0 Å². The topological polar surface area (TPSA) is 50.3 Å². The van der Waals surface area contributed by atoms with Gasteiger partial charge in [-0.2, -0.15) is 0 Å². The third-order valence-corrected chi connectivity index (χ3v) is 5.62. The van der Waals surface area contributed by atoms with E-state index in [1.165, 1.54) is 23.1 Å². The number of thiazole rings is 1. The molecule has 1 aromatic heterocycles. The van der Waals surface area contributed by atoms with Gasteiger partial charge in [-0.05, 0) is 11.5 Å². The van der Waals surface area contributed by atoms with Crippen molar-refractivity contribution in [2.24, 2.45) is 5.92 Å². The summed E-state index contributed by atoms with van der Waals surface area (Å²) in [6.07, 6.45) is 2.32. The highest BCUT2D eigenvalue weighted by molar-refractivity contribution is 8.13. The summed E-state index contributed by atoms with van der Waals surface area (Å²) in [6.45, 7) is 2.22. The van der Waals surface area contributed by atoms with Crippen molar-refractivity contribution in [3.63, 3.8) is 0 Å². The number of hydrogen-bond acceptors (Lipinski definition) is 5. The first-order valence-corrected chi connectivity index (χ1v) is 8.88. The van der Waals surface area contributed by atoms with Crippen molar-refractivity contribution >= 4 is 39.3 Å². The van der Waals surface area contributed by atoms with Gasteiger partial charge in [-0.25, -0.2) is 4.98 Å². The molecule has 1 amide bonds. The lowest BCUT2D eigenvalue weighted by Crippen LogP contribution is -2.24. The molecule has 0 radical (unpaired) electrons. The van der Waals surface area contributed by atoms with Crippen molar-refractivity contribution < 1.29 is 9.59 Å². The number of aromatic nitrogens is 1. The Morgan fingerprint density at radius 2 is 2.18 bits per heavy atom. The fraction of sp³-hybridized carbons (Fsp3) is 0.312. The molecule has 1 aromatic carbocycles. The monoisotopic (exact) mass is 332 g/mol. The van der Waals surface area contributed by atoms with Crippen LogP contribution in [0.2, 0.25) is 0 Å². The van der Waals surface area contributed by atoms with E-state index in [4.69, 9.17) is 0 Å². The highest BCUT2D eigenvalue weighted by atomic mass is 32.2. The molecule has 0 spiro atoms. The van der Waals surface area contributed by atoms with Gasteiger partial charge in [0, 0.05) is 31.8 Å². The molecule has 0 bridgehead atoms. The molecule has 22 heavy (non-hydrogen) atoms. The molecule has 1 fully saturated rings. The van der Waals surface area contributed by atoms with Crippen molar-refractivity contribution in [3.05, 3.63) is 36.5 Å². The van der Waals surface area contributed by atoms with Gasteiger partial charge in [0.05, 0.1) is 4.88 Å². The molecule has 0 N–H and O–H groups in total. The first kappa shape index (κ1) is 15.2. The van der Waals surface area contributed by atoms with E-state index in [1.807, 2.05) is 36.5 Å². The van der Waals surface area contributed by atoms with Crippen LogP contribution < -0.4 is 4.90 Å². The number of carbonyl (C=O) groups excluding carboxylic acids is 2. The molecular formula is C16H16N2O2S2. The van der Waals surface area contributed by atoms with Crippen molar-refractivity contribution in [2.45, 2.75) is 13.3 Å². The maximum absolute atomic E-state index is 12.2. The van der Waals surface area contributed by atoms with Crippen molar-refractivity contribution in [3.8, 4) is 10.4 Å². The van der Waals surface area contributed by atoms with Crippen LogP contribution >= 0.6 is 23.1 Å². The predicted molar refractivity (Wildman–Crippen MR) is 91.1 cm³/mol. The lowest BCUT2D eigenvalue weighted by Gasteiger charge is -2.12. The Morgan fingerprint density at radius 3 is 2.91 bits per heavy atom. The molecular weight excluding hydrogens is 316 g/mol. The summed E-state index contributed by atoms with van der Waals surface area (Å²) in [5.74, 6) is 1.03. The van der Waals surface area contributed by atoms with Crippen LogP contribution in [-0.2, 0) is 9.59 Å². The summed E-state index contributed by atoms with van der Waals surface area (Å²) in [4.78, 5) is 30.4. The molecule has 0 aliphatic carbocycles. The van der Waals surface area contributed by atoms with Gasteiger partial charge in [0.2, 0.25) is 5.91 Å². The summed E-state index contributed by atoms with van der Waals surface area (Å²) in [5.41, 5.74) is 1.11. The minimum absolute atomic E-state index is 0.100. The lowest BCUT2D eigenvalue weighted by atomic mass is 10.1. The Morgan fingerprint density at radius 1 is 1.41 bits per heavy atom. The zero-order valence-corrected chi connectivity index (χ0v) is 13.8. The minimum Gasteiger partial charge on any atom is -0.288 e. The zero-order valence-electron chi connectivity index (χ0n) is 12.2. The quantitative estimate of drug-likeness (QED) is 0.860. The largest absolute Gasteiger partial charge is 0.288 e. The molecule has 1 saturated heterocycles. The predicted octanol–water partition coefficient (Wildman–Crippen LogP) is 3.44. The molecule has 1 unspecified atom stereocenters. The van der Waals surface area contributed by atoms with Crippen molar-refractivity contribution in [2.75, 3.05) is 17.2 Å². The van der Waals surface area contributed by atoms with E-state index in [1.54, 1.807) is 11.8 Å². The minimum atomic E-state index is 0.100. The van der Waals surface area contributed by atoms with Gasteiger partial charge in [-0.3, -0.25) is 14.5 Å². The van der Waals surface area contributed by atoms with E-state index >= 15 is 0 Å². The van der Waals surface area contributed by atoms with Gasteiger partial charge in [0.25, 0.3) is 0 Å². The van der Waals surface area contributed by atoms with Crippen molar-refractivity contribution in [1.82, 2.24) is 4.98 Å². The van der Waals surface area contributed by atoms with Gasteiger partial charge in [0.15, 0.2) is 10.2 Å². The fourth-order valence-corrected chi connectivity index (χ4v) is 4.08. The van der Waals surface area contributed by atoms with Crippen LogP contribution in [0.1, 0.15) is 13.3 Å². The van der Waals surface area contributed by atoms with E-state index in [2.05, 4.69) is 4.98 Å². The zero-order chi connectivity index (χ0) is 15.5. The normalized spacial score (nSPS) is 18.0. The average molecular weight is 332 g/mol. The third-order valence-electron chi connectivity index (χ3n) is 3.51. The number of thioether (sulfide) groups is 1. The Balaban J connectivity index is 1.71. The Kier molecular flexibility index (Phi) is 4.59. The fourth-order valence-electron chi connectivity index (χ4n) is 2.44. The number of hydrogen-bond donors (Lipinski definition) is 0. The first-order valence-electron chi connectivity index (χ1n) is 7.08. The maximum atomic E-state index is 12.2. The second-order valence-corrected chi connectivity index (χ2v) is 7.46. The Bertz CT molecular complexity index is 684. The van der Waals surface area contributed by atoms with Crippen LogP contribution in [0.15, 0.2) is 36.5 Å². The van der Waals surface area contributed by atoms with Crippen LogP contribution in [0.3, 0.4) is 0 Å². The number of rotatable bonds is 4. The number of anilines is 1. The Hall–Kier alpha value is -1.66. The number of carbonyl (C=O) groups is 2. The van der Waals surface area contributed by atoms with Crippen LogP contribution in [0.25, 0.3) is 10.4 Å². The van der Waals surface area contributed by atoms with Gasteiger partial charge < -0.3 is 0 Å². The summed E-state index contributed by atoms with van der Waals surface area (Å²) in [5, 5.41) is 0.852. The van der Waals surface area contributed by atoms with E-state index in [0.29, 0.717) is 18.7 Å². The molecule has 4 nitrogen and oxygen atoms in total. The third kappa shape index (κ3) is 3.39. The van der Waals surface area contributed by atoms with E-state index < -0.39 is 0 Å². The summed E-state index contributed by atoms with van der Waals surface area (Å²) in [6, 6.07) is 10.0. The molecule has 1 aliphatic heterocycles. The van der Waals surface area contributed by atoms with Crippen molar-refractivity contribution in [1.29, 1.82) is 0 Å². The summed E-state index contributed by atoms with van der Waals surface area (Å²) >= 11 is 2.83. The molecule has 1 aliphatic rings. The van der Waals surface area contributed by atoms with Gasteiger partial charge in [-0.15, -0.1) is 0 Å². The molecule has 0 saturated carbocycles. The van der Waals surface area contributed by atoms with E-state index in [-0.39, 0.29) is 16.9 Å². The lowest BCUT2D eigenvalue weighted by molar-refractivity contribution is -0.117. The second kappa shape index (κ2) is 6.62. The molecule has 6 heteroatoms. The number of amides is 1. The van der Waals surface area contributed by atoms with E-state index in [0.717, 1.165) is 15.6 Å². The summed E-state index contributed by atoms with van der Waals surface area (Å²) < 4.78 is 0. The molecule has 1 atom stereocenters. The number of nitrogens with zero attached hydrogens (tertiary/aromatic N) is 2. The maximum Gasteiger partial charge on any atom is 0.229 e. The van der Waals surface area contributed by atoms with E-state index in [9.17, 15) is 9.59 Å². The SMILES string of the molecule is CC(=O)SCC1CC(=O)N(c2ncc(-c3ccccc3)s2)C1. The average Bonchev–Trinajstić information content (AvgIpc) is 3.12. The molecule has 3 rings (SSSR count). The summed E-state index contributed by atoms with van der Waals surface area (Å²) in [7, 11) is 0. The van der Waals surface area contributed by atoms with Crippen LogP contribution in [-0.4, -0.2) is 28.3 Å². The van der Waals surface area contributed by atoms with Gasteiger partial charge in [0.1, 0.15) is 0 Å². The standard InChI is InChI=1S/C16H16N2O2S2/c1-11(19)21-10-12-7-15(20)18(9-12)16-17-8-14(22-16)13-5-3-2-4-6-13/h2-6,8,12H,7,9-10H2,1H3. The van der Waals surface area contributed by atoms with Gasteiger partial charge in [-0.1, -0.05) is 53.4 Å². The second-order valence-electron chi connectivity index (χ2n) is 5.25. The molecule has 2 aromatic rings. The first-order chi connectivity index (χ1) is 10.6. The highest BCUT2D eigenvalue weighted by Crippen LogP contribution is 2.34. The van der Waals surface area contributed by atoms with Crippen LogP contribution in [0, 0.1) is 5.92 Å². The van der Waals surface area contributed by atoms with Crippen LogP contribution in [0.4, 0.5) is 5.13 Å². The smallest absolute Gasteiger partial charge is 0.229 e. The Labute approximate surface area is 137 Å². The molecule has 2 heterocycles. The number of benzene rings is 1.